The van der Waals surface area contributed by atoms with E-state index in [-0.39, 0.29) is 0 Å². The van der Waals surface area contributed by atoms with Gasteiger partial charge in [-0.05, 0) is 20.8 Å². The standard InChI is InChI=1S/C17H26O10/c1-8(18)23-11-12(24-9(2)19)14(25-10(3)20)16(27-17(4,5)6)26-13(11)15(21)22-7/h11-14,16H,1-7H3/t11-,12-,13?,14?,16-/m0/s1. The zero-order valence-electron chi connectivity index (χ0n) is 16.5. The number of rotatable bonds is 5. The van der Waals surface area contributed by atoms with Crippen LogP contribution in [-0.4, -0.2) is 67.3 Å². The average molecular weight is 390 g/mol. The summed E-state index contributed by atoms with van der Waals surface area (Å²) in [7, 11) is 1.12. The number of hydrogen-bond donors (Lipinski definition) is 0. The van der Waals surface area contributed by atoms with Crippen molar-refractivity contribution in [2.24, 2.45) is 0 Å². The Morgan fingerprint density at radius 2 is 1.22 bits per heavy atom. The molecule has 1 aliphatic heterocycles. The van der Waals surface area contributed by atoms with Gasteiger partial charge in [-0.15, -0.1) is 0 Å². The van der Waals surface area contributed by atoms with E-state index in [0.717, 1.165) is 27.9 Å². The predicted octanol–water partition coefficient (Wildman–Crippen LogP) is 0.494. The summed E-state index contributed by atoms with van der Waals surface area (Å²) in [4.78, 5) is 46.9. The average Bonchev–Trinajstić information content (AvgIpc) is 2.49. The molecule has 0 radical (unpaired) electrons. The Bertz CT molecular complexity index is 579. The van der Waals surface area contributed by atoms with Crippen LogP contribution < -0.4 is 0 Å². The van der Waals surface area contributed by atoms with Gasteiger partial charge in [0.1, 0.15) is 0 Å². The number of ether oxygens (including phenoxy) is 6. The first kappa shape index (κ1) is 22.8. The van der Waals surface area contributed by atoms with Crippen molar-refractivity contribution in [1.82, 2.24) is 0 Å². The highest BCUT2D eigenvalue weighted by Crippen LogP contribution is 2.32. The van der Waals surface area contributed by atoms with Crippen LogP contribution in [0.25, 0.3) is 0 Å². The monoisotopic (exact) mass is 390 g/mol. The lowest BCUT2D eigenvalue weighted by atomic mass is 9.97. The Balaban J connectivity index is 3.40. The van der Waals surface area contributed by atoms with Crippen LogP contribution >= 0.6 is 0 Å². The fourth-order valence-corrected chi connectivity index (χ4v) is 2.52. The summed E-state index contributed by atoms with van der Waals surface area (Å²) in [6.45, 7) is 8.52. The molecule has 1 aliphatic rings. The molecule has 27 heavy (non-hydrogen) atoms. The van der Waals surface area contributed by atoms with Crippen LogP contribution in [-0.2, 0) is 47.6 Å². The quantitative estimate of drug-likeness (QED) is 0.484. The molecule has 2 unspecified atom stereocenters. The molecule has 0 amide bonds. The van der Waals surface area contributed by atoms with E-state index in [0.29, 0.717) is 0 Å². The smallest absolute Gasteiger partial charge is 0.339 e. The molecule has 1 heterocycles. The van der Waals surface area contributed by atoms with Crippen molar-refractivity contribution < 1.29 is 47.6 Å². The normalized spacial score (nSPS) is 28.0. The van der Waals surface area contributed by atoms with Crippen molar-refractivity contribution in [2.75, 3.05) is 7.11 Å². The van der Waals surface area contributed by atoms with Gasteiger partial charge in [-0.1, -0.05) is 0 Å². The van der Waals surface area contributed by atoms with Crippen molar-refractivity contribution >= 4 is 23.9 Å². The highest BCUT2D eigenvalue weighted by Gasteiger charge is 2.55. The molecule has 0 N–H and O–H groups in total. The highest BCUT2D eigenvalue weighted by atomic mass is 16.7. The fourth-order valence-electron chi connectivity index (χ4n) is 2.52. The van der Waals surface area contributed by atoms with Gasteiger partial charge < -0.3 is 28.4 Å². The molecule has 0 aromatic heterocycles. The van der Waals surface area contributed by atoms with Crippen LogP contribution in [0.2, 0.25) is 0 Å². The van der Waals surface area contributed by atoms with Crippen LogP contribution in [0.4, 0.5) is 0 Å². The maximum atomic E-state index is 12.2. The van der Waals surface area contributed by atoms with Crippen molar-refractivity contribution in [2.45, 2.75) is 77.8 Å². The molecule has 0 aromatic rings. The topological polar surface area (TPSA) is 124 Å². The van der Waals surface area contributed by atoms with E-state index in [1.54, 1.807) is 20.8 Å². The lowest BCUT2D eigenvalue weighted by Crippen LogP contribution is -2.64. The maximum absolute atomic E-state index is 12.2. The lowest BCUT2D eigenvalue weighted by Gasteiger charge is -2.44. The molecule has 1 fully saturated rings. The van der Waals surface area contributed by atoms with Crippen molar-refractivity contribution in [3.8, 4) is 0 Å². The molecule has 0 aliphatic carbocycles. The molecule has 10 heteroatoms. The zero-order valence-corrected chi connectivity index (χ0v) is 16.5. The van der Waals surface area contributed by atoms with E-state index < -0.39 is 60.2 Å². The lowest BCUT2D eigenvalue weighted by molar-refractivity contribution is -0.319. The van der Waals surface area contributed by atoms with Gasteiger partial charge in [-0.25, -0.2) is 4.79 Å². The van der Waals surface area contributed by atoms with Gasteiger partial charge in [0.25, 0.3) is 0 Å². The SMILES string of the molecule is COC(=O)C1O[C@@H](OC(C)(C)C)C(OC(C)=O)[C@@H](OC(C)=O)[C@@H]1OC(C)=O. The van der Waals surface area contributed by atoms with Crippen LogP contribution in [0, 0.1) is 0 Å². The van der Waals surface area contributed by atoms with Crippen LogP contribution in [0.5, 0.6) is 0 Å². The van der Waals surface area contributed by atoms with Gasteiger partial charge in [0.05, 0.1) is 12.7 Å². The summed E-state index contributed by atoms with van der Waals surface area (Å²) in [5.74, 6) is -3.08. The Morgan fingerprint density at radius 1 is 0.778 bits per heavy atom. The molecule has 5 atom stereocenters. The predicted molar refractivity (Wildman–Crippen MR) is 88.2 cm³/mol. The molecule has 0 bridgehead atoms. The minimum absolute atomic E-state index is 0.707. The first-order valence-corrected chi connectivity index (χ1v) is 8.28. The number of methoxy groups -OCH3 is 1. The highest BCUT2D eigenvalue weighted by molar-refractivity contribution is 5.77. The molecule has 1 saturated heterocycles. The summed E-state index contributed by atoms with van der Waals surface area (Å²) >= 11 is 0. The Morgan fingerprint density at radius 3 is 1.63 bits per heavy atom. The van der Waals surface area contributed by atoms with Gasteiger partial charge in [0.15, 0.2) is 30.7 Å². The third kappa shape index (κ3) is 6.79. The first-order valence-electron chi connectivity index (χ1n) is 8.28. The van der Waals surface area contributed by atoms with Gasteiger partial charge in [0.2, 0.25) is 0 Å². The molecular formula is C17H26O10. The minimum atomic E-state index is -1.46. The number of carbonyl (C=O) groups excluding carboxylic acids is 4. The Hall–Kier alpha value is -2.20. The van der Waals surface area contributed by atoms with Crippen molar-refractivity contribution in [3.63, 3.8) is 0 Å². The van der Waals surface area contributed by atoms with Gasteiger partial charge in [0, 0.05) is 20.8 Å². The van der Waals surface area contributed by atoms with E-state index in [1.807, 2.05) is 0 Å². The van der Waals surface area contributed by atoms with Gasteiger partial charge in [-0.3, -0.25) is 14.4 Å². The summed E-state index contributed by atoms with van der Waals surface area (Å²) in [6.07, 6.45) is -6.77. The largest absolute Gasteiger partial charge is 0.467 e. The molecule has 10 nitrogen and oxygen atoms in total. The maximum Gasteiger partial charge on any atom is 0.339 e. The number of esters is 4. The summed E-state index contributed by atoms with van der Waals surface area (Å²) in [6, 6.07) is 0. The van der Waals surface area contributed by atoms with E-state index in [4.69, 9.17) is 28.4 Å². The fraction of sp³-hybridized carbons (Fsp3) is 0.765. The third-order valence-corrected chi connectivity index (χ3v) is 3.30. The molecule has 0 spiro atoms. The van der Waals surface area contributed by atoms with Crippen LogP contribution in [0.3, 0.4) is 0 Å². The van der Waals surface area contributed by atoms with E-state index in [9.17, 15) is 19.2 Å². The van der Waals surface area contributed by atoms with Crippen molar-refractivity contribution in [3.05, 3.63) is 0 Å². The minimum Gasteiger partial charge on any atom is -0.467 e. The Labute approximate surface area is 157 Å². The third-order valence-electron chi connectivity index (χ3n) is 3.30. The second-order valence-corrected chi connectivity index (χ2v) is 6.90. The van der Waals surface area contributed by atoms with Crippen molar-refractivity contribution in [1.29, 1.82) is 0 Å². The molecular weight excluding hydrogens is 364 g/mol. The number of hydrogen-bond acceptors (Lipinski definition) is 10. The summed E-state index contributed by atoms with van der Waals surface area (Å²) < 4.78 is 31.6. The van der Waals surface area contributed by atoms with Crippen LogP contribution in [0.15, 0.2) is 0 Å². The Kier molecular flexibility index (Phi) is 7.73. The second kappa shape index (κ2) is 9.14. The van der Waals surface area contributed by atoms with E-state index in [2.05, 4.69) is 0 Å². The molecule has 154 valence electrons. The zero-order chi connectivity index (χ0) is 20.9. The number of carbonyl (C=O) groups is 4. The van der Waals surface area contributed by atoms with Gasteiger partial charge >= 0.3 is 23.9 Å². The van der Waals surface area contributed by atoms with Crippen LogP contribution in [0.1, 0.15) is 41.5 Å². The van der Waals surface area contributed by atoms with E-state index in [1.165, 1.54) is 0 Å². The first-order chi connectivity index (χ1) is 12.4. The molecule has 1 rings (SSSR count). The van der Waals surface area contributed by atoms with Gasteiger partial charge in [-0.2, -0.15) is 0 Å². The van der Waals surface area contributed by atoms with E-state index >= 15 is 0 Å². The summed E-state index contributed by atoms with van der Waals surface area (Å²) in [5, 5.41) is 0. The summed E-state index contributed by atoms with van der Waals surface area (Å²) in [5.41, 5.74) is -0.765. The second-order valence-electron chi connectivity index (χ2n) is 6.90. The molecule has 0 aromatic carbocycles. The molecule has 0 saturated carbocycles.